The van der Waals surface area contributed by atoms with E-state index in [0.717, 1.165) is 12.1 Å². The Morgan fingerprint density at radius 1 is 1.17 bits per heavy atom. The Morgan fingerprint density at radius 2 is 1.67 bits per heavy atom. The number of ketones is 2. The topological polar surface area (TPSA) is 115 Å². The lowest BCUT2D eigenvalue weighted by molar-refractivity contribution is -0.134. The number of ether oxygens (including phenoxy) is 1. The Morgan fingerprint density at radius 3 is 2.17 bits per heavy atom. The molecular formula is C10H9NO7. The van der Waals surface area contributed by atoms with E-state index >= 15 is 0 Å². The second-order valence-corrected chi connectivity index (χ2v) is 3.62. The molecule has 96 valence electrons. The van der Waals surface area contributed by atoms with E-state index in [4.69, 9.17) is 0 Å². The fraction of sp³-hybridized carbons (Fsp3) is 0.300. The van der Waals surface area contributed by atoms with Crippen LogP contribution in [0, 0.1) is 0 Å². The van der Waals surface area contributed by atoms with Crippen LogP contribution >= 0.6 is 0 Å². The van der Waals surface area contributed by atoms with E-state index in [9.17, 15) is 24.6 Å². The van der Waals surface area contributed by atoms with Gasteiger partial charge in [0.1, 0.15) is 0 Å². The van der Waals surface area contributed by atoms with Crippen LogP contribution in [0.1, 0.15) is 12.8 Å². The highest BCUT2D eigenvalue weighted by atomic mass is 16.8. The zero-order valence-electron chi connectivity index (χ0n) is 9.03. The van der Waals surface area contributed by atoms with Crippen LogP contribution in [0.5, 0.6) is 11.8 Å². The Kier molecular flexibility index (Phi) is 2.92. The van der Waals surface area contributed by atoms with Crippen LogP contribution in [-0.4, -0.2) is 38.8 Å². The van der Waals surface area contributed by atoms with Crippen molar-refractivity contribution in [2.24, 2.45) is 0 Å². The zero-order chi connectivity index (χ0) is 13.3. The molecule has 1 aromatic rings. The minimum absolute atomic E-state index is 0.0246. The van der Waals surface area contributed by atoms with Gasteiger partial charge in [0, 0.05) is 25.0 Å². The van der Waals surface area contributed by atoms with Crippen molar-refractivity contribution in [1.29, 1.82) is 0 Å². The molecule has 8 heteroatoms. The van der Waals surface area contributed by atoms with Crippen molar-refractivity contribution in [3.63, 3.8) is 0 Å². The Labute approximate surface area is 100 Å². The number of hydrogen-bond donors (Lipinski definition) is 2. The van der Waals surface area contributed by atoms with Crippen LogP contribution in [0.3, 0.4) is 0 Å². The van der Waals surface area contributed by atoms with Gasteiger partial charge in [-0.3, -0.25) is 14.4 Å². The second-order valence-electron chi connectivity index (χ2n) is 3.62. The maximum Gasteiger partial charge on any atom is 0.535 e. The van der Waals surface area contributed by atoms with Crippen molar-refractivity contribution >= 4 is 17.7 Å². The molecule has 0 aromatic carbocycles. The fourth-order valence-corrected chi connectivity index (χ4v) is 1.51. The van der Waals surface area contributed by atoms with Crippen molar-refractivity contribution in [2.75, 3.05) is 0 Å². The molecule has 1 saturated carbocycles. The third-order valence-electron chi connectivity index (χ3n) is 2.38. The summed E-state index contributed by atoms with van der Waals surface area (Å²) in [4.78, 5) is 38.1. The van der Waals surface area contributed by atoms with E-state index in [2.05, 4.69) is 9.57 Å². The minimum atomic E-state index is -1.46. The van der Waals surface area contributed by atoms with Crippen molar-refractivity contribution in [3.8, 4) is 11.8 Å². The lowest BCUT2D eigenvalue weighted by atomic mass is 10.3. The molecule has 0 atom stereocenters. The second kappa shape index (κ2) is 4.40. The lowest BCUT2D eigenvalue weighted by Gasteiger charge is -2.10. The van der Waals surface area contributed by atoms with E-state index in [-0.39, 0.29) is 12.8 Å². The molecule has 0 amide bonds. The quantitative estimate of drug-likeness (QED) is 0.553. The average Bonchev–Trinajstić information content (AvgIpc) is 2.79. The van der Waals surface area contributed by atoms with E-state index in [1.165, 1.54) is 0 Å². The van der Waals surface area contributed by atoms with Crippen molar-refractivity contribution in [3.05, 3.63) is 12.1 Å². The van der Waals surface area contributed by atoms with Crippen LogP contribution in [-0.2, 0) is 14.3 Å². The monoisotopic (exact) mass is 255 g/mol. The van der Waals surface area contributed by atoms with Gasteiger partial charge in [-0.2, -0.15) is 0 Å². The number of carbonyl (C=O) groups excluding carboxylic acids is 3. The molecule has 1 fully saturated rings. The summed E-state index contributed by atoms with van der Waals surface area (Å²) in [6, 6.07) is 2.16. The lowest BCUT2D eigenvalue weighted by Crippen LogP contribution is -2.32. The molecule has 1 heterocycles. The normalized spacial score (nSPS) is 16.0. The Hall–Kier alpha value is -2.51. The number of aromatic hydroxyl groups is 2. The van der Waals surface area contributed by atoms with Gasteiger partial charge in [0.15, 0.2) is 11.6 Å². The smallest absolute Gasteiger partial charge is 0.492 e. The molecule has 18 heavy (non-hydrogen) atoms. The largest absolute Gasteiger partial charge is 0.535 e. The van der Waals surface area contributed by atoms with Crippen LogP contribution < -0.4 is 4.84 Å². The molecule has 0 radical (unpaired) electrons. The number of rotatable bonds is 2. The van der Waals surface area contributed by atoms with Gasteiger partial charge in [-0.15, -0.1) is 4.73 Å². The van der Waals surface area contributed by atoms with Gasteiger partial charge in [-0.25, -0.2) is 4.79 Å². The summed E-state index contributed by atoms with van der Waals surface area (Å²) in [7, 11) is 0. The minimum Gasteiger partial charge on any atom is -0.492 e. The Balaban J connectivity index is 2.01. The van der Waals surface area contributed by atoms with Gasteiger partial charge in [0.05, 0.1) is 0 Å². The van der Waals surface area contributed by atoms with E-state index in [1.807, 2.05) is 0 Å². The number of carbonyl (C=O) groups is 3. The maximum absolute atomic E-state index is 11.3. The zero-order valence-corrected chi connectivity index (χ0v) is 9.03. The molecule has 1 aliphatic rings. The molecule has 2 N–H and O–H groups in total. The first-order valence-corrected chi connectivity index (χ1v) is 5.03. The van der Waals surface area contributed by atoms with E-state index in [0.29, 0.717) is 4.73 Å². The molecule has 1 aromatic heterocycles. The highest BCUT2D eigenvalue weighted by molar-refractivity contribution is 6.12. The van der Waals surface area contributed by atoms with Gasteiger partial charge < -0.3 is 14.9 Å². The molecule has 1 aliphatic carbocycles. The molecule has 0 unspecified atom stereocenters. The molecule has 0 spiro atoms. The molecule has 8 nitrogen and oxygen atoms in total. The Bertz CT molecular complexity index is 483. The average molecular weight is 255 g/mol. The predicted octanol–water partition coefficient (Wildman–Crippen LogP) is -0.235. The van der Waals surface area contributed by atoms with Crippen LogP contribution in [0.2, 0.25) is 0 Å². The predicted molar refractivity (Wildman–Crippen MR) is 53.9 cm³/mol. The molecule has 2 rings (SSSR count). The summed E-state index contributed by atoms with van der Waals surface area (Å²) in [5.74, 6) is -2.07. The summed E-state index contributed by atoms with van der Waals surface area (Å²) in [6.45, 7) is 0. The first-order chi connectivity index (χ1) is 8.49. The summed E-state index contributed by atoms with van der Waals surface area (Å²) >= 11 is 0. The van der Waals surface area contributed by atoms with E-state index < -0.39 is 35.6 Å². The highest BCUT2D eigenvalue weighted by Gasteiger charge is 2.37. The highest BCUT2D eigenvalue weighted by Crippen LogP contribution is 2.19. The van der Waals surface area contributed by atoms with Gasteiger partial charge >= 0.3 is 6.16 Å². The van der Waals surface area contributed by atoms with Crippen LogP contribution in [0.25, 0.3) is 0 Å². The standard InChI is InChI=1S/C10H9NO7/c12-5-1-2-6(13)9(5)17-10(16)18-11-7(14)3-4-8(11)15/h3-4,9,14-15H,1-2H2. The molecule has 0 saturated heterocycles. The third kappa shape index (κ3) is 2.12. The molecule has 0 bridgehead atoms. The van der Waals surface area contributed by atoms with Gasteiger partial charge in [0.25, 0.3) is 0 Å². The molecule has 0 aliphatic heterocycles. The number of nitrogens with zero attached hydrogens (tertiary/aromatic N) is 1. The number of Topliss-reactive ketones (excluding diaryl/α,β-unsaturated/α-hetero) is 2. The third-order valence-corrected chi connectivity index (χ3v) is 2.38. The van der Waals surface area contributed by atoms with Gasteiger partial charge in [0.2, 0.25) is 17.9 Å². The van der Waals surface area contributed by atoms with Gasteiger partial charge in [-0.1, -0.05) is 0 Å². The number of aromatic nitrogens is 1. The first-order valence-electron chi connectivity index (χ1n) is 5.03. The summed E-state index contributed by atoms with van der Waals surface area (Å²) in [5.41, 5.74) is 0. The SMILES string of the molecule is O=C(OC1C(=O)CCC1=O)On1c(O)ccc1O. The number of hydrogen-bond acceptors (Lipinski definition) is 7. The maximum atomic E-state index is 11.3. The van der Waals surface area contributed by atoms with Crippen molar-refractivity contribution in [2.45, 2.75) is 18.9 Å². The summed E-state index contributed by atoms with van der Waals surface area (Å²) in [5, 5.41) is 18.4. The summed E-state index contributed by atoms with van der Waals surface area (Å²) < 4.78 is 4.91. The molecular weight excluding hydrogens is 246 g/mol. The van der Waals surface area contributed by atoms with E-state index in [1.54, 1.807) is 0 Å². The first kappa shape index (κ1) is 12.0. The van der Waals surface area contributed by atoms with Crippen molar-refractivity contribution in [1.82, 2.24) is 4.73 Å². The van der Waals surface area contributed by atoms with Crippen LogP contribution in [0.15, 0.2) is 12.1 Å². The van der Waals surface area contributed by atoms with Gasteiger partial charge in [-0.05, 0) is 0 Å². The van der Waals surface area contributed by atoms with Crippen LogP contribution in [0.4, 0.5) is 4.79 Å². The fourth-order valence-electron chi connectivity index (χ4n) is 1.51. The summed E-state index contributed by atoms with van der Waals surface area (Å²) in [6.07, 6.45) is -2.78. The van der Waals surface area contributed by atoms with Crippen molar-refractivity contribution < 1.29 is 34.2 Å².